The van der Waals surface area contributed by atoms with Crippen LogP contribution in [0.2, 0.25) is 0 Å². The van der Waals surface area contributed by atoms with Crippen molar-refractivity contribution in [3.63, 3.8) is 0 Å². The van der Waals surface area contributed by atoms with Gasteiger partial charge in [-0.3, -0.25) is 0 Å². The van der Waals surface area contributed by atoms with E-state index < -0.39 is 0 Å². The standard InChI is InChI=1S/C14H27NO2/c1-12-5-8-15(9-13(12)17-2)10-14(11-16)6-3-4-7-14/h12-13,16H,3-11H2,1-2H3. The van der Waals surface area contributed by atoms with Gasteiger partial charge in [0.25, 0.3) is 0 Å². The molecule has 1 heterocycles. The zero-order valence-electron chi connectivity index (χ0n) is 11.3. The molecular weight excluding hydrogens is 214 g/mol. The fourth-order valence-electron chi connectivity index (χ4n) is 3.51. The summed E-state index contributed by atoms with van der Waals surface area (Å²) in [5.74, 6) is 0.671. The van der Waals surface area contributed by atoms with E-state index in [1.807, 2.05) is 7.11 Å². The van der Waals surface area contributed by atoms with Gasteiger partial charge >= 0.3 is 0 Å². The molecule has 100 valence electrons. The lowest BCUT2D eigenvalue weighted by Crippen LogP contribution is -2.48. The molecule has 0 spiro atoms. The normalized spacial score (nSPS) is 34.1. The number of aliphatic hydroxyl groups is 1. The van der Waals surface area contributed by atoms with Gasteiger partial charge in [-0.1, -0.05) is 19.8 Å². The molecule has 2 atom stereocenters. The van der Waals surface area contributed by atoms with Crippen LogP contribution in [-0.4, -0.2) is 49.5 Å². The van der Waals surface area contributed by atoms with Crippen LogP contribution < -0.4 is 0 Å². The summed E-state index contributed by atoms with van der Waals surface area (Å²) in [6.07, 6.45) is 6.58. The summed E-state index contributed by atoms with van der Waals surface area (Å²) in [7, 11) is 1.82. The predicted molar refractivity (Wildman–Crippen MR) is 69.0 cm³/mol. The van der Waals surface area contributed by atoms with E-state index in [-0.39, 0.29) is 5.41 Å². The largest absolute Gasteiger partial charge is 0.396 e. The van der Waals surface area contributed by atoms with Gasteiger partial charge < -0.3 is 14.7 Å². The monoisotopic (exact) mass is 241 g/mol. The van der Waals surface area contributed by atoms with E-state index in [2.05, 4.69) is 11.8 Å². The average molecular weight is 241 g/mol. The zero-order valence-corrected chi connectivity index (χ0v) is 11.3. The lowest BCUT2D eigenvalue weighted by atomic mass is 9.85. The van der Waals surface area contributed by atoms with Crippen LogP contribution in [0.4, 0.5) is 0 Å². The van der Waals surface area contributed by atoms with Crippen LogP contribution in [0.3, 0.4) is 0 Å². The highest BCUT2D eigenvalue weighted by molar-refractivity contribution is 4.89. The molecule has 3 heteroatoms. The molecule has 2 fully saturated rings. The van der Waals surface area contributed by atoms with Crippen molar-refractivity contribution < 1.29 is 9.84 Å². The summed E-state index contributed by atoms with van der Waals surface area (Å²) in [6, 6.07) is 0. The number of piperidine rings is 1. The highest BCUT2D eigenvalue weighted by atomic mass is 16.5. The molecule has 17 heavy (non-hydrogen) atoms. The highest BCUT2D eigenvalue weighted by Crippen LogP contribution is 2.39. The topological polar surface area (TPSA) is 32.7 Å². The van der Waals surface area contributed by atoms with Crippen molar-refractivity contribution in [2.75, 3.05) is 33.4 Å². The first-order chi connectivity index (χ1) is 8.19. The molecule has 0 amide bonds. The summed E-state index contributed by atoms with van der Waals surface area (Å²) in [5.41, 5.74) is 0.193. The Bertz CT molecular complexity index is 238. The second-order valence-electron chi connectivity index (χ2n) is 6.14. The Labute approximate surface area is 105 Å². The van der Waals surface area contributed by atoms with Gasteiger partial charge in [-0.2, -0.15) is 0 Å². The summed E-state index contributed by atoms with van der Waals surface area (Å²) < 4.78 is 5.56. The van der Waals surface area contributed by atoms with Gasteiger partial charge in [0.2, 0.25) is 0 Å². The fraction of sp³-hybridized carbons (Fsp3) is 1.00. The van der Waals surface area contributed by atoms with E-state index >= 15 is 0 Å². The van der Waals surface area contributed by atoms with E-state index in [1.165, 1.54) is 38.6 Å². The van der Waals surface area contributed by atoms with Crippen LogP contribution in [0.15, 0.2) is 0 Å². The number of hydrogen-bond donors (Lipinski definition) is 1. The molecule has 1 N–H and O–H groups in total. The van der Waals surface area contributed by atoms with E-state index in [0.717, 1.165) is 13.1 Å². The molecule has 0 aromatic carbocycles. The van der Waals surface area contributed by atoms with Gasteiger partial charge in [-0.15, -0.1) is 0 Å². The van der Waals surface area contributed by atoms with Gasteiger partial charge in [0.15, 0.2) is 0 Å². The summed E-state index contributed by atoms with van der Waals surface area (Å²) >= 11 is 0. The van der Waals surface area contributed by atoms with Crippen LogP contribution in [0, 0.1) is 11.3 Å². The Morgan fingerprint density at radius 3 is 2.65 bits per heavy atom. The minimum absolute atomic E-state index is 0.193. The van der Waals surface area contributed by atoms with Crippen LogP contribution >= 0.6 is 0 Å². The van der Waals surface area contributed by atoms with Crippen molar-refractivity contribution in [1.82, 2.24) is 4.90 Å². The van der Waals surface area contributed by atoms with Crippen molar-refractivity contribution in [2.45, 2.75) is 45.1 Å². The Hall–Kier alpha value is -0.120. The Kier molecular flexibility index (Phi) is 4.45. The maximum atomic E-state index is 9.66. The molecular formula is C14H27NO2. The molecule has 3 nitrogen and oxygen atoms in total. The van der Waals surface area contributed by atoms with E-state index in [9.17, 15) is 5.11 Å². The van der Waals surface area contributed by atoms with E-state index in [0.29, 0.717) is 18.6 Å². The van der Waals surface area contributed by atoms with Gasteiger partial charge in [-0.05, 0) is 31.7 Å². The summed E-state index contributed by atoms with van der Waals surface area (Å²) in [4.78, 5) is 2.51. The molecule has 0 radical (unpaired) electrons. The van der Waals surface area contributed by atoms with Crippen molar-refractivity contribution in [2.24, 2.45) is 11.3 Å². The summed E-state index contributed by atoms with van der Waals surface area (Å²) in [5, 5.41) is 9.66. The molecule has 1 aliphatic carbocycles. The number of ether oxygens (including phenoxy) is 1. The van der Waals surface area contributed by atoms with Crippen molar-refractivity contribution in [3.05, 3.63) is 0 Å². The molecule has 0 aromatic rings. The van der Waals surface area contributed by atoms with Crippen molar-refractivity contribution in [1.29, 1.82) is 0 Å². The second-order valence-corrected chi connectivity index (χ2v) is 6.14. The lowest BCUT2D eigenvalue weighted by Gasteiger charge is -2.40. The first-order valence-electron chi connectivity index (χ1n) is 7.05. The molecule has 1 aliphatic heterocycles. The fourth-order valence-corrected chi connectivity index (χ4v) is 3.51. The third-order valence-corrected chi connectivity index (χ3v) is 4.83. The Morgan fingerprint density at radius 2 is 2.06 bits per heavy atom. The van der Waals surface area contributed by atoms with E-state index in [4.69, 9.17) is 4.74 Å². The molecule has 2 aliphatic rings. The van der Waals surface area contributed by atoms with Gasteiger partial charge in [0.1, 0.15) is 0 Å². The van der Waals surface area contributed by atoms with Gasteiger partial charge in [-0.25, -0.2) is 0 Å². The minimum atomic E-state index is 0.193. The second kappa shape index (κ2) is 5.68. The first kappa shape index (κ1) is 13.3. The van der Waals surface area contributed by atoms with Crippen molar-refractivity contribution >= 4 is 0 Å². The number of rotatable bonds is 4. The predicted octanol–water partition coefficient (Wildman–Crippen LogP) is 1.90. The number of nitrogens with zero attached hydrogens (tertiary/aromatic N) is 1. The molecule has 2 rings (SSSR count). The number of methoxy groups -OCH3 is 1. The zero-order chi connectivity index (χ0) is 12.3. The van der Waals surface area contributed by atoms with Crippen LogP contribution in [-0.2, 0) is 4.74 Å². The number of hydrogen-bond acceptors (Lipinski definition) is 3. The smallest absolute Gasteiger partial charge is 0.0724 e. The summed E-state index contributed by atoms with van der Waals surface area (Å²) in [6.45, 7) is 5.91. The average Bonchev–Trinajstić information content (AvgIpc) is 2.81. The molecule has 0 bridgehead atoms. The minimum Gasteiger partial charge on any atom is -0.396 e. The van der Waals surface area contributed by atoms with Gasteiger partial charge in [0, 0.05) is 32.2 Å². The number of aliphatic hydroxyl groups excluding tert-OH is 1. The quantitative estimate of drug-likeness (QED) is 0.816. The van der Waals surface area contributed by atoms with Crippen LogP contribution in [0.5, 0.6) is 0 Å². The highest BCUT2D eigenvalue weighted by Gasteiger charge is 2.37. The Balaban J connectivity index is 1.90. The third-order valence-electron chi connectivity index (χ3n) is 4.83. The van der Waals surface area contributed by atoms with Crippen LogP contribution in [0.1, 0.15) is 39.0 Å². The lowest BCUT2D eigenvalue weighted by molar-refractivity contribution is -0.0247. The molecule has 0 aromatic heterocycles. The maximum absolute atomic E-state index is 9.66. The molecule has 2 unspecified atom stereocenters. The SMILES string of the molecule is COC1CN(CC2(CO)CCCC2)CCC1C. The molecule has 1 saturated heterocycles. The van der Waals surface area contributed by atoms with Crippen LogP contribution in [0.25, 0.3) is 0 Å². The first-order valence-corrected chi connectivity index (χ1v) is 7.05. The maximum Gasteiger partial charge on any atom is 0.0724 e. The number of likely N-dealkylation sites (tertiary alicyclic amines) is 1. The molecule has 1 saturated carbocycles. The van der Waals surface area contributed by atoms with E-state index in [1.54, 1.807) is 0 Å². The van der Waals surface area contributed by atoms with Gasteiger partial charge in [0.05, 0.1) is 6.10 Å². The van der Waals surface area contributed by atoms with Crippen molar-refractivity contribution in [3.8, 4) is 0 Å². The Morgan fingerprint density at radius 1 is 1.35 bits per heavy atom. The third kappa shape index (κ3) is 3.01.